The maximum atomic E-state index is 13.6. The molecule has 1 fully saturated rings. The fourth-order valence-electron chi connectivity index (χ4n) is 2.42. The van der Waals surface area contributed by atoms with Crippen molar-refractivity contribution in [3.8, 4) is 0 Å². The number of nitrogens with zero attached hydrogens (tertiary/aromatic N) is 1. The van der Waals surface area contributed by atoms with Crippen molar-refractivity contribution in [2.45, 2.75) is 38.8 Å². The molecule has 0 radical (unpaired) electrons. The van der Waals surface area contributed by atoms with E-state index in [1.807, 2.05) is 20.8 Å². The number of likely N-dealkylation sites (tertiary alicyclic amines) is 1. The van der Waals surface area contributed by atoms with Gasteiger partial charge in [0.15, 0.2) is 17.5 Å². The van der Waals surface area contributed by atoms with E-state index >= 15 is 0 Å². The Labute approximate surface area is 126 Å². The number of amides is 2. The highest BCUT2D eigenvalue weighted by Gasteiger charge is 2.37. The summed E-state index contributed by atoms with van der Waals surface area (Å²) in [5, 5.41) is 2.48. The van der Waals surface area contributed by atoms with Gasteiger partial charge in [0, 0.05) is 18.5 Å². The van der Waals surface area contributed by atoms with E-state index in [9.17, 15) is 22.8 Å². The van der Waals surface area contributed by atoms with Crippen molar-refractivity contribution in [1.82, 2.24) is 10.2 Å². The highest BCUT2D eigenvalue weighted by molar-refractivity contribution is 5.95. The third kappa shape index (κ3) is 3.08. The molecule has 1 aliphatic heterocycles. The molecular formula is C15H17F3N2O2. The van der Waals surface area contributed by atoms with Crippen LogP contribution in [0.1, 0.15) is 37.6 Å². The van der Waals surface area contributed by atoms with Gasteiger partial charge >= 0.3 is 0 Å². The summed E-state index contributed by atoms with van der Waals surface area (Å²) in [4.78, 5) is 25.5. The van der Waals surface area contributed by atoms with Crippen LogP contribution in [0.5, 0.6) is 0 Å². The van der Waals surface area contributed by atoms with Crippen LogP contribution in [-0.4, -0.2) is 34.8 Å². The van der Waals surface area contributed by atoms with Crippen molar-refractivity contribution in [3.05, 3.63) is 35.1 Å². The molecule has 0 spiro atoms. The molecule has 22 heavy (non-hydrogen) atoms. The van der Waals surface area contributed by atoms with Crippen LogP contribution in [0.3, 0.4) is 0 Å². The molecule has 2 rings (SSSR count). The minimum Gasteiger partial charge on any atom is -0.347 e. The van der Waals surface area contributed by atoms with Crippen molar-refractivity contribution in [3.63, 3.8) is 0 Å². The van der Waals surface area contributed by atoms with E-state index < -0.39 is 35.0 Å². The molecule has 1 N–H and O–H groups in total. The van der Waals surface area contributed by atoms with E-state index in [0.29, 0.717) is 12.6 Å². The van der Waals surface area contributed by atoms with Crippen LogP contribution in [0.15, 0.2) is 12.1 Å². The van der Waals surface area contributed by atoms with E-state index in [-0.39, 0.29) is 17.9 Å². The minimum absolute atomic E-state index is 0.0916. The number of benzene rings is 1. The number of nitrogens with one attached hydrogen (secondary N) is 1. The second kappa shape index (κ2) is 5.62. The van der Waals surface area contributed by atoms with Crippen LogP contribution in [0, 0.1) is 17.5 Å². The topological polar surface area (TPSA) is 49.4 Å². The van der Waals surface area contributed by atoms with Gasteiger partial charge in [0.05, 0.1) is 11.6 Å². The summed E-state index contributed by atoms with van der Waals surface area (Å²) in [6.45, 7) is 5.89. The summed E-state index contributed by atoms with van der Waals surface area (Å²) in [5.41, 5.74) is -0.968. The van der Waals surface area contributed by atoms with Gasteiger partial charge in [-0.1, -0.05) is 0 Å². The number of carbonyl (C=O) groups is 2. The minimum atomic E-state index is -1.69. The molecule has 1 heterocycles. The Morgan fingerprint density at radius 2 is 1.86 bits per heavy atom. The molecule has 1 atom stereocenters. The highest BCUT2D eigenvalue weighted by Crippen LogP contribution is 2.22. The van der Waals surface area contributed by atoms with Crippen LogP contribution >= 0.6 is 0 Å². The van der Waals surface area contributed by atoms with Crippen molar-refractivity contribution in [2.24, 2.45) is 0 Å². The molecule has 0 aliphatic carbocycles. The van der Waals surface area contributed by atoms with Gasteiger partial charge in [-0.2, -0.15) is 0 Å². The lowest BCUT2D eigenvalue weighted by molar-refractivity contribution is -0.131. The molecule has 2 amide bonds. The maximum absolute atomic E-state index is 13.6. The molecule has 0 saturated carbocycles. The zero-order valence-corrected chi connectivity index (χ0v) is 12.5. The second-order valence-electron chi connectivity index (χ2n) is 6.27. The first-order valence-corrected chi connectivity index (χ1v) is 6.86. The van der Waals surface area contributed by atoms with Crippen molar-refractivity contribution in [2.75, 3.05) is 6.54 Å². The zero-order chi connectivity index (χ0) is 16.7. The van der Waals surface area contributed by atoms with Crippen LogP contribution in [-0.2, 0) is 4.79 Å². The smallest absolute Gasteiger partial charge is 0.254 e. The Morgan fingerprint density at radius 1 is 1.23 bits per heavy atom. The molecule has 1 saturated heterocycles. The lowest BCUT2D eigenvalue weighted by atomic mass is 10.1. The number of rotatable bonds is 2. The van der Waals surface area contributed by atoms with Crippen LogP contribution < -0.4 is 5.32 Å². The second-order valence-corrected chi connectivity index (χ2v) is 6.27. The predicted octanol–water partition coefficient (Wildman–Crippen LogP) is 2.23. The first kappa shape index (κ1) is 16.3. The molecule has 120 valence electrons. The first-order chi connectivity index (χ1) is 10.1. The van der Waals surface area contributed by atoms with E-state index in [4.69, 9.17) is 0 Å². The van der Waals surface area contributed by atoms with Gasteiger partial charge < -0.3 is 10.2 Å². The van der Waals surface area contributed by atoms with Gasteiger partial charge in [0.1, 0.15) is 0 Å². The predicted molar refractivity (Wildman–Crippen MR) is 73.7 cm³/mol. The number of halogens is 3. The summed E-state index contributed by atoms with van der Waals surface area (Å²) < 4.78 is 39.6. The normalized spacial score (nSPS) is 18.7. The molecule has 1 aliphatic rings. The van der Waals surface area contributed by atoms with Gasteiger partial charge in [-0.25, -0.2) is 13.2 Å². The maximum Gasteiger partial charge on any atom is 0.254 e. The van der Waals surface area contributed by atoms with Crippen LogP contribution in [0.2, 0.25) is 0 Å². The Bertz CT molecular complexity index is 626. The van der Waals surface area contributed by atoms with Gasteiger partial charge in [-0.3, -0.25) is 9.59 Å². The Balaban J connectivity index is 2.11. The molecular weight excluding hydrogens is 297 g/mol. The fourth-order valence-corrected chi connectivity index (χ4v) is 2.42. The quantitative estimate of drug-likeness (QED) is 0.851. The van der Waals surface area contributed by atoms with E-state index in [1.165, 1.54) is 0 Å². The average molecular weight is 314 g/mol. The lowest BCUT2D eigenvalue weighted by Crippen LogP contribution is -2.44. The van der Waals surface area contributed by atoms with E-state index in [0.717, 1.165) is 6.07 Å². The monoisotopic (exact) mass is 314 g/mol. The third-order valence-electron chi connectivity index (χ3n) is 3.55. The van der Waals surface area contributed by atoms with Crippen molar-refractivity contribution < 1.29 is 22.8 Å². The zero-order valence-electron chi connectivity index (χ0n) is 12.5. The summed E-state index contributed by atoms with van der Waals surface area (Å²) in [6, 6.07) is 1.07. The standard InChI is InChI=1S/C15H17F3N2O2/c1-15(2,3)20-7-8(6-11(20)21)19-14(22)9-4-5-10(16)13(18)12(9)17/h4-5,8H,6-7H2,1-3H3,(H,19,22). The lowest BCUT2D eigenvalue weighted by Gasteiger charge is -2.32. The number of carbonyl (C=O) groups excluding carboxylic acids is 2. The Morgan fingerprint density at radius 3 is 2.41 bits per heavy atom. The van der Waals surface area contributed by atoms with Crippen LogP contribution in [0.4, 0.5) is 13.2 Å². The molecule has 1 aromatic rings. The molecule has 0 bridgehead atoms. The van der Waals surface area contributed by atoms with Crippen molar-refractivity contribution >= 4 is 11.8 Å². The van der Waals surface area contributed by atoms with Gasteiger partial charge in [-0.05, 0) is 32.9 Å². The largest absolute Gasteiger partial charge is 0.347 e. The summed E-state index contributed by atoms with van der Waals surface area (Å²) in [5.74, 6) is -5.57. The molecule has 1 aromatic carbocycles. The molecule has 7 heteroatoms. The summed E-state index contributed by atoms with van der Waals surface area (Å²) in [6.07, 6.45) is 0.0916. The SMILES string of the molecule is CC(C)(C)N1CC(NC(=O)c2ccc(F)c(F)c2F)CC1=O. The molecule has 4 nitrogen and oxygen atoms in total. The van der Waals surface area contributed by atoms with Gasteiger partial charge in [-0.15, -0.1) is 0 Å². The number of hydrogen-bond donors (Lipinski definition) is 1. The Hall–Kier alpha value is -2.05. The van der Waals surface area contributed by atoms with E-state index in [1.54, 1.807) is 4.90 Å². The van der Waals surface area contributed by atoms with E-state index in [2.05, 4.69) is 5.32 Å². The highest BCUT2D eigenvalue weighted by atomic mass is 19.2. The third-order valence-corrected chi connectivity index (χ3v) is 3.55. The molecule has 0 aromatic heterocycles. The fraction of sp³-hybridized carbons (Fsp3) is 0.467. The average Bonchev–Trinajstić information content (AvgIpc) is 2.76. The number of hydrogen-bond acceptors (Lipinski definition) is 2. The first-order valence-electron chi connectivity index (χ1n) is 6.86. The van der Waals surface area contributed by atoms with Gasteiger partial charge in [0.25, 0.3) is 5.91 Å². The summed E-state index contributed by atoms with van der Waals surface area (Å²) in [7, 11) is 0. The van der Waals surface area contributed by atoms with Gasteiger partial charge in [0.2, 0.25) is 5.91 Å². The van der Waals surface area contributed by atoms with Crippen molar-refractivity contribution in [1.29, 1.82) is 0 Å². The Kier molecular flexibility index (Phi) is 4.17. The summed E-state index contributed by atoms with van der Waals surface area (Å²) >= 11 is 0. The molecule has 1 unspecified atom stereocenters. The van der Waals surface area contributed by atoms with Crippen LogP contribution in [0.25, 0.3) is 0 Å².